The van der Waals surface area contributed by atoms with Crippen LogP contribution in [0.4, 0.5) is 0 Å². The Kier molecular flexibility index (Phi) is 11.4. The number of likely N-dealkylation sites (tertiary alicyclic amines) is 1. The monoisotopic (exact) mass is 345 g/mol. The first-order chi connectivity index (χ1) is 11.6. The number of β-amino-alcohol motifs (C(OH)–C–C–N with tert-alkyl or cyclic N) is 1. The van der Waals surface area contributed by atoms with E-state index in [2.05, 4.69) is 5.32 Å². The Bertz CT molecular complexity index is 368. The Balaban J connectivity index is 1.88. The molecule has 0 saturated carbocycles. The third kappa shape index (κ3) is 9.82. The first-order valence-corrected chi connectivity index (χ1v) is 8.71. The second-order valence-corrected chi connectivity index (χ2v) is 5.93. The SMILES string of the molecule is NCCCCCOCCCOCC(=O)NCC(=O)N1CCC(O)C1. The molecule has 0 aromatic rings. The van der Waals surface area contributed by atoms with E-state index in [9.17, 15) is 14.7 Å². The number of unbranched alkanes of at least 4 members (excludes halogenated alkanes) is 2. The molecule has 0 bridgehead atoms. The van der Waals surface area contributed by atoms with Gasteiger partial charge in [0.15, 0.2) is 0 Å². The van der Waals surface area contributed by atoms with Gasteiger partial charge in [0.05, 0.1) is 12.6 Å². The number of hydrogen-bond donors (Lipinski definition) is 3. The van der Waals surface area contributed by atoms with E-state index in [4.69, 9.17) is 15.2 Å². The van der Waals surface area contributed by atoms with E-state index in [-0.39, 0.29) is 25.0 Å². The maximum Gasteiger partial charge on any atom is 0.246 e. The summed E-state index contributed by atoms with van der Waals surface area (Å²) in [7, 11) is 0. The normalized spacial score (nSPS) is 17.2. The summed E-state index contributed by atoms with van der Waals surface area (Å²) in [4.78, 5) is 24.9. The molecule has 4 N–H and O–H groups in total. The molecule has 1 unspecified atom stereocenters. The molecule has 1 saturated heterocycles. The highest BCUT2D eigenvalue weighted by Crippen LogP contribution is 2.08. The Morgan fingerprint density at radius 2 is 1.88 bits per heavy atom. The van der Waals surface area contributed by atoms with Crippen molar-refractivity contribution in [1.82, 2.24) is 10.2 Å². The number of amides is 2. The van der Waals surface area contributed by atoms with Crippen LogP contribution in [0.5, 0.6) is 0 Å². The van der Waals surface area contributed by atoms with Crippen molar-refractivity contribution < 1.29 is 24.2 Å². The smallest absolute Gasteiger partial charge is 0.246 e. The topological polar surface area (TPSA) is 114 Å². The molecule has 0 aromatic carbocycles. The van der Waals surface area contributed by atoms with E-state index in [1.165, 1.54) is 0 Å². The van der Waals surface area contributed by atoms with E-state index in [1.54, 1.807) is 4.90 Å². The van der Waals surface area contributed by atoms with Crippen molar-refractivity contribution in [1.29, 1.82) is 0 Å². The number of hydrogen-bond acceptors (Lipinski definition) is 6. The number of nitrogens with two attached hydrogens (primary N) is 1. The van der Waals surface area contributed by atoms with Crippen molar-refractivity contribution in [3.8, 4) is 0 Å². The highest BCUT2D eigenvalue weighted by atomic mass is 16.5. The molecule has 1 atom stereocenters. The highest BCUT2D eigenvalue weighted by molar-refractivity contribution is 5.85. The molecular weight excluding hydrogens is 314 g/mol. The average molecular weight is 345 g/mol. The van der Waals surface area contributed by atoms with Crippen LogP contribution in [0.3, 0.4) is 0 Å². The van der Waals surface area contributed by atoms with Gasteiger partial charge >= 0.3 is 0 Å². The molecule has 1 fully saturated rings. The number of carbonyl (C=O) groups excluding carboxylic acids is 2. The standard InChI is InChI=1S/C16H31N3O5/c17-6-2-1-3-8-23-9-4-10-24-13-15(21)18-11-16(22)19-7-5-14(20)12-19/h14,20H,1-13,17H2,(H,18,21). The Morgan fingerprint density at radius 3 is 2.58 bits per heavy atom. The first-order valence-electron chi connectivity index (χ1n) is 8.71. The molecule has 1 aliphatic heterocycles. The van der Waals surface area contributed by atoms with Crippen LogP contribution in [0.1, 0.15) is 32.1 Å². The van der Waals surface area contributed by atoms with Gasteiger partial charge in [-0.25, -0.2) is 0 Å². The molecule has 1 heterocycles. The average Bonchev–Trinajstić information content (AvgIpc) is 3.01. The number of ether oxygens (including phenoxy) is 2. The van der Waals surface area contributed by atoms with Gasteiger partial charge in [-0.05, 0) is 38.6 Å². The number of rotatable bonds is 13. The van der Waals surface area contributed by atoms with E-state index < -0.39 is 6.10 Å². The molecule has 140 valence electrons. The number of nitrogens with one attached hydrogen (secondary N) is 1. The van der Waals surface area contributed by atoms with Crippen molar-refractivity contribution in [2.75, 3.05) is 52.6 Å². The fourth-order valence-electron chi connectivity index (χ4n) is 2.36. The van der Waals surface area contributed by atoms with E-state index >= 15 is 0 Å². The lowest BCUT2D eigenvalue weighted by molar-refractivity contribution is -0.133. The molecule has 8 heteroatoms. The summed E-state index contributed by atoms with van der Waals surface area (Å²) in [6, 6.07) is 0. The largest absolute Gasteiger partial charge is 0.391 e. The van der Waals surface area contributed by atoms with Crippen molar-refractivity contribution in [3.63, 3.8) is 0 Å². The molecule has 24 heavy (non-hydrogen) atoms. The maximum absolute atomic E-state index is 11.8. The second-order valence-electron chi connectivity index (χ2n) is 5.93. The summed E-state index contributed by atoms with van der Waals surface area (Å²) in [5.41, 5.74) is 5.40. The van der Waals surface area contributed by atoms with Gasteiger partial charge in [0, 0.05) is 32.9 Å². The zero-order chi connectivity index (χ0) is 17.6. The van der Waals surface area contributed by atoms with Crippen molar-refractivity contribution in [2.24, 2.45) is 5.73 Å². The molecule has 1 aliphatic rings. The quantitative estimate of drug-likeness (QED) is 0.378. The molecular formula is C16H31N3O5. The minimum atomic E-state index is -0.448. The molecule has 8 nitrogen and oxygen atoms in total. The van der Waals surface area contributed by atoms with E-state index in [0.29, 0.717) is 32.7 Å². The summed E-state index contributed by atoms with van der Waals surface area (Å²) in [5.74, 6) is -0.492. The fraction of sp³-hybridized carbons (Fsp3) is 0.875. The molecule has 0 radical (unpaired) electrons. The summed E-state index contributed by atoms with van der Waals surface area (Å²) >= 11 is 0. The van der Waals surface area contributed by atoms with Gasteiger partial charge in [0.1, 0.15) is 6.61 Å². The highest BCUT2D eigenvalue weighted by Gasteiger charge is 2.24. The van der Waals surface area contributed by atoms with Crippen LogP contribution in [-0.4, -0.2) is 80.5 Å². The van der Waals surface area contributed by atoms with Gasteiger partial charge in [-0.3, -0.25) is 9.59 Å². The lowest BCUT2D eigenvalue weighted by Gasteiger charge is -2.15. The number of aliphatic hydroxyl groups excluding tert-OH is 1. The van der Waals surface area contributed by atoms with Crippen molar-refractivity contribution in [2.45, 2.75) is 38.2 Å². The zero-order valence-electron chi connectivity index (χ0n) is 14.4. The summed E-state index contributed by atoms with van der Waals surface area (Å²) < 4.78 is 10.7. The van der Waals surface area contributed by atoms with Crippen molar-refractivity contribution in [3.05, 3.63) is 0 Å². The second kappa shape index (κ2) is 13.1. The van der Waals surface area contributed by atoms with E-state index in [1.807, 2.05) is 0 Å². The van der Waals surface area contributed by atoms with Crippen LogP contribution in [0.15, 0.2) is 0 Å². The van der Waals surface area contributed by atoms with Crippen molar-refractivity contribution >= 4 is 11.8 Å². The van der Waals surface area contributed by atoms with Gasteiger partial charge < -0.3 is 30.5 Å². The van der Waals surface area contributed by atoms with Crippen LogP contribution >= 0.6 is 0 Å². The Morgan fingerprint density at radius 1 is 1.12 bits per heavy atom. The number of carbonyl (C=O) groups is 2. The van der Waals surface area contributed by atoms with Crippen LogP contribution < -0.4 is 11.1 Å². The number of nitrogens with zero attached hydrogens (tertiary/aromatic N) is 1. The molecule has 2 amide bonds. The summed E-state index contributed by atoms with van der Waals surface area (Å²) in [6.45, 7) is 3.28. The van der Waals surface area contributed by atoms with Crippen LogP contribution in [0.2, 0.25) is 0 Å². The van der Waals surface area contributed by atoms with Crippen LogP contribution in [-0.2, 0) is 19.1 Å². The van der Waals surface area contributed by atoms with Gasteiger partial charge in [0.2, 0.25) is 11.8 Å². The lowest BCUT2D eigenvalue weighted by Crippen LogP contribution is -2.40. The maximum atomic E-state index is 11.8. The molecule has 0 aromatic heterocycles. The number of aliphatic hydroxyl groups is 1. The molecule has 1 rings (SSSR count). The van der Waals surface area contributed by atoms with Gasteiger partial charge in [-0.2, -0.15) is 0 Å². The minimum Gasteiger partial charge on any atom is -0.391 e. The van der Waals surface area contributed by atoms with Crippen LogP contribution in [0.25, 0.3) is 0 Å². The Labute approximate surface area is 143 Å². The summed E-state index contributed by atoms with van der Waals surface area (Å²) in [5, 5.41) is 11.9. The van der Waals surface area contributed by atoms with Gasteiger partial charge in [0.25, 0.3) is 0 Å². The minimum absolute atomic E-state index is 0.0547. The first kappa shape index (κ1) is 20.8. The molecule has 0 spiro atoms. The lowest BCUT2D eigenvalue weighted by atomic mass is 10.2. The van der Waals surface area contributed by atoms with Gasteiger partial charge in [-0.15, -0.1) is 0 Å². The zero-order valence-corrected chi connectivity index (χ0v) is 14.4. The van der Waals surface area contributed by atoms with Gasteiger partial charge in [-0.1, -0.05) is 0 Å². The van der Waals surface area contributed by atoms with E-state index in [0.717, 1.165) is 38.8 Å². The predicted molar refractivity (Wildman–Crippen MR) is 89.4 cm³/mol. The predicted octanol–water partition coefficient (Wildman–Crippen LogP) is -0.752. The summed E-state index contributed by atoms with van der Waals surface area (Å²) in [6.07, 6.45) is 4.01. The Hall–Kier alpha value is -1.22. The molecule has 0 aliphatic carbocycles. The third-order valence-electron chi connectivity index (χ3n) is 3.76. The fourth-order valence-corrected chi connectivity index (χ4v) is 2.36. The van der Waals surface area contributed by atoms with Crippen LogP contribution in [0, 0.1) is 0 Å². The third-order valence-corrected chi connectivity index (χ3v) is 3.76.